The fraction of sp³-hybridized carbons (Fsp3) is 0.211. The van der Waals surface area contributed by atoms with E-state index in [9.17, 15) is 14.4 Å². The molecule has 1 atom stereocenters. The van der Waals surface area contributed by atoms with Crippen LogP contribution < -0.4 is 10.6 Å². The lowest BCUT2D eigenvalue weighted by Gasteiger charge is -2.17. The molecule has 2 aromatic carbocycles. The highest BCUT2D eigenvalue weighted by Crippen LogP contribution is 2.12. The lowest BCUT2D eigenvalue weighted by Crippen LogP contribution is -2.43. The van der Waals surface area contributed by atoms with Gasteiger partial charge >= 0.3 is 5.97 Å². The van der Waals surface area contributed by atoms with Crippen molar-refractivity contribution in [2.75, 3.05) is 12.4 Å². The fourth-order valence-corrected chi connectivity index (χ4v) is 2.37. The summed E-state index contributed by atoms with van der Waals surface area (Å²) in [6.45, 7) is 1.39. The second-order valence-electron chi connectivity index (χ2n) is 5.50. The molecule has 2 aromatic rings. The zero-order valence-corrected chi connectivity index (χ0v) is 14.1. The van der Waals surface area contributed by atoms with Gasteiger partial charge in [0.25, 0.3) is 5.91 Å². The molecule has 0 saturated carbocycles. The summed E-state index contributed by atoms with van der Waals surface area (Å²) in [7, 11) is 1.28. The minimum absolute atomic E-state index is 0.228. The smallest absolute Gasteiger partial charge is 0.328 e. The number of anilines is 1. The molecule has 25 heavy (non-hydrogen) atoms. The number of ether oxygens (including phenoxy) is 1. The minimum Gasteiger partial charge on any atom is -0.467 e. The maximum atomic E-state index is 12.5. The average Bonchev–Trinajstić information content (AvgIpc) is 2.61. The molecule has 0 bridgehead atoms. The summed E-state index contributed by atoms with van der Waals surface area (Å²) in [4.78, 5) is 35.6. The highest BCUT2D eigenvalue weighted by atomic mass is 16.5. The number of carbonyl (C=O) groups excluding carboxylic acids is 3. The molecule has 130 valence electrons. The van der Waals surface area contributed by atoms with Gasteiger partial charge < -0.3 is 15.4 Å². The number of carbonyl (C=O) groups is 3. The SMILES string of the molecule is COC(=O)[C@@H](Cc1ccccc1)NC(=O)c1cccc(NC(C)=O)c1. The van der Waals surface area contributed by atoms with Crippen molar-refractivity contribution in [2.24, 2.45) is 0 Å². The van der Waals surface area contributed by atoms with Crippen LogP contribution in [-0.2, 0) is 20.7 Å². The molecule has 2 amide bonds. The predicted octanol–water partition coefficient (Wildman–Crippen LogP) is 2.16. The van der Waals surface area contributed by atoms with Gasteiger partial charge in [0.1, 0.15) is 6.04 Å². The number of benzene rings is 2. The van der Waals surface area contributed by atoms with Crippen molar-refractivity contribution in [3.63, 3.8) is 0 Å². The van der Waals surface area contributed by atoms with Gasteiger partial charge in [-0.2, -0.15) is 0 Å². The van der Waals surface area contributed by atoms with Crippen LogP contribution >= 0.6 is 0 Å². The topological polar surface area (TPSA) is 84.5 Å². The van der Waals surface area contributed by atoms with Crippen molar-refractivity contribution < 1.29 is 19.1 Å². The standard InChI is InChI=1S/C19H20N2O4/c1-13(22)20-16-10-6-9-15(12-16)18(23)21-17(19(24)25-2)11-14-7-4-3-5-8-14/h3-10,12,17H,11H2,1-2H3,(H,20,22)(H,21,23)/t17-/m1/s1. The number of methoxy groups -OCH3 is 1. The largest absolute Gasteiger partial charge is 0.467 e. The van der Waals surface area contributed by atoms with Gasteiger partial charge in [0.05, 0.1) is 7.11 Å². The first-order valence-electron chi connectivity index (χ1n) is 7.80. The predicted molar refractivity (Wildman–Crippen MR) is 94.2 cm³/mol. The van der Waals surface area contributed by atoms with E-state index < -0.39 is 17.9 Å². The van der Waals surface area contributed by atoms with E-state index in [0.717, 1.165) is 5.56 Å². The second-order valence-corrected chi connectivity index (χ2v) is 5.50. The molecule has 0 aliphatic carbocycles. The average molecular weight is 340 g/mol. The van der Waals surface area contributed by atoms with E-state index in [-0.39, 0.29) is 5.91 Å². The highest BCUT2D eigenvalue weighted by Gasteiger charge is 2.22. The molecule has 0 heterocycles. The van der Waals surface area contributed by atoms with Crippen LogP contribution in [0.25, 0.3) is 0 Å². The monoisotopic (exact) mass is 340 g/mol. The van der Waals surface area contributed by atoms with Crippen LogP contribution in [0, 0.1) is 0 Å². The number of rotatable bonds is 6. The minimum atomic E-state index is -0.802. The van der Waals surface area contributed by atoms with Gasteiger partial charge in [-0.25, -0.2) is 4.79 Å². The summed E-state index contributed by atoms with van der Waals surface area (Å²) in [5, 5.41) is 5.30. The third kappa shape index (κ3) is 5.46. The lowest BCUT2D eigenvalue weighted by molar-refractivity contribution is -0.142. The van der Waals surface area contributed by atoms with Crippen molar-refractivity contribution in [2.45, 2.75) is 19.4 Å². The van der Waals surface area contributed by atoms with Gasteiger partial charge in [0, 0.05) is 24.6 Å². The van der Waals surface area contributed by atoms with Crippen LogP contribution in [0.4, 0.5) is 5.69 Å². The van der Waals surface area contributed by atoms with Crippen LogP contribution in [0.15, 0.2) is 54.6 Å². The molecule has 0 fully saturated rings. The van der Waals surface area contributed by atoms with E-state index in [1.54, 1.807) is 24.3 Å². The van der Waals surface area contributed by atoms with Gasteiger partial charge in [-0.15, -0.1) is 0 Å². The van der Waals surface area contributed by atoms with Crippen molar-refractivity contribution in [3.8, 4) is 0 Å². The number of nitrogens with one attached hydrogen (secondary N) is 2. The molecule has 6 nitrogen and oxygen atoms in total. The number of esters is 1. The van der Waals surface area contributed by atoms with E-state index in [2.05, 4.69) is 10.6 Å². The van der Waals surface area contributed by atoms with Crippen LogP contribution in [0.3, 0.4) is 0 Å². The molecule has 0 radical (unpaired) electrons. The van der Waals surface area contributed by atoms with Crippen molar-refractivity contribution in [1.29, 1.82) is 0 Å². The molecular weight excluding hydrogens is 320 g/mol. The van der Waals surface area contributed by atoms with Crippen LogP contribution in [-0.4, -0.2) is 30.9 Å². The number of amides is 2. The Labute approximate surface area is 146 Å². The number of hydrogen-bond acceptors (Lipinski definition) is 4. The molecule has 0 saturated heterocycles. The van der Waals surface area contributed by atoms with Crippen molar-refractivity contribution in [3.05, 3.63) is 65.7 Å². The third-order valence-electron chi connectivity index (χ3n) is 3.52. The van der Waals surface area contributed by atoms with Gasteiger partial charge in [-0.3, -0.25) is 9.59 Å². The molecule has 6 heteroatoms. The van der Waals surface area contributed by atoms with Gasteiger partial charge in [0.15, 0.2) is 0 Å². The Morgan fingerprint density at radius 1 is 1.04 bits per heavy atom. The van der Waals surface area contributed by atoms with Gasteiger partial charge in [-0.05, 0) is 23.8 Å². The quantitative estimate of drug-likeness (QED) is 0.789. The summed E-state index contributed by atoms with van der Waals surface area (Å²) < 4.78 is 4.79. The van der Waals surface area contributed by atoms with E-state index in [4.69, 9.17) is 4.74 Å². The van der Waals surface area contributed by atoms with E-state index >= 15 is 0 Å². The Morgan fingerprint density at radius 3 is 2.40 bits per heavy atom. The zero-order chi connectivity index (χ0) is 18.2. The molecule has 0 aliphatic heterocycles. The Hall–Kier alpha value is -3.15. The Kier molecular flexibility index (Phi) is 6.28. The normalized spacial score (nSPS) is 11.3. The lowest BCUT2D eigenvalue weighted by atomic mass is 10.1. The van der Waals surface area contributed by atoms with Crippen LogP contribution in [0.5, 0.6) is 0 Å². The molecule has 2 rings (SSSR count). The van der Waals surface area contributed by atoms with E-state index in [1.165, 1.54) is 14.0 Å². The third-order valence-corrected chi connectivity index (χ3v) is 3.52. The summed E-state index contributed by atoms with van der Waals surface area (Å²) >= 11 is 0. The molecule has 0 aliphatic rings. The molecule has 0 spiro atoms. The summed E-state index contributed by atoms with van der Waals surface area (Å²) in [6.07, 6.45) is 0.324. The molecule has 0 unspecified atom stereocenters. The molecule has 2 N–H and O–H groups in total. The van der Waals surface area contributed by atoms with E-state index in [1.807, 2.05) is 30.3 Å². The van der Waals surface area contributed by atoms with Crippen LogP contribution in [0.1, 0.15) is 22.8 Å². The Morgan fingerprint density at radius 2 is 1.76 bits per heavy atom. The van der Waals surface area contributed by atoms with Crippen LogP contribution in [0.2, 0.25) is 0 Å². The Bertz CT molecular complexity index is 759. The summed E-state index contributed by atoms with van der Waals surface area (Å²) in [6, 6.07) is 15.0. The molecule has 0 aromatic heterocycles. The van der Waals surface area contributed by atoms with Gasteiger partial charge in [-0.1, -0.05) is 36.4 Å². The first-order valence-corrected chi connectivity index (χ1v) is 7.80. The second kappa shape index (κ2) is 8.63. The Balaban J connectivity index is 2.13. The first-order chi connectivity index (χ1) is 12.0. The maximum absolute atomic E-state index is 12.5. The maximum Gasteiger partial charge on any atom is 0.328 e. The number of hydrogen-bond donors (Lipinski definition) is 2. The molecular formula is C19H20N2O4. The fourth-order valence-electron chi connectivity index (χ4n) is 2.37. The van der Waals surface area contributed by atoms with Crippen molar-refractivity contribution in [1.82, 2.24) is 5.32 Å². The van der Waals surface area contributed by atoms with Gasteiger partial charge in [0.2, 0.25) is 5.91 Å². The highest BCUT2D eigenvalue weighted by molar-refractivity contribution is 5.98. The first kappa shape index (κ1) is 18.2. The van der Waals surface area contributed by atoms with E-state index in [0.29, 0.717) is 17.7 Å². The zero-order valence-electron chi connectivity index (χ0n) is 14.1. The summed E-state index contributed by atoms with van der Waals surface area (Å²) in [5.41, 5.74) is 1.76. The van der Waals surface area contributed by atoms with Crippen molar-refractivity contribution >= 4 is 23.5 Å². The summed E-state index contributed by atoms with van der Waals surface area (Å²) in [5.74, 6) is -1.16.